The molecule has 0 saturated heterocycles. The van der Waals surface area contributed by atoms with Crippen LogP contribution in [-0.2, 0) is 10.0 Å². The van der Waals surface area contributed by atoms with Crippen LogP contribution in [0.1, 0.15) is 32.6 Å². The van der Waals surface area contributed by atoms with Crippen LogP contribution in [0.4, 0.5) is 11.4 Å². The Kier molecular flexibility index (Phi) is 3.25. The molecule has 18 heavy (non-hydrogen) atoms. The van der Waals surface area contributed by atoms with E-state index in [-0.39, 0.29) is 10.4 Å². The Hall–Kier alpha value is -1.27. The number of nitrogens with two attached hydrogens (primary N) is 2. The second-order valence-electron chi connectivity index (χ2n) is 4.91. The second kappa shape index (κ2) is 4.44. The molecular weight excluding hydrogens is 250 g/mol. The van der Waals surface area contributed by atoms with Crippen molar-refractivity contribution in [1.29, 1.82) is 0 Å². The standard InChI is InChI=1S/C12H19N3O2S/c1-2-12(6-3-7-12)15-11-5-4-9(8-10(11)13)18(14,16)17/h4-5,8,15H,2-3,6-7,13H2,1H3,(H2,14,16,17). The highest BCUT2D eigenvalue weighted by Gasteiger charge is 2.35. The van der Waals surface area contributed by atoms with Gasteiger partial charge in [-0.05, 0) is 43.9 Å². The van der Waals surface area contributed by atoms with Crippen LogP contribution in [0.2, 0.25) is 0 Å². The number of primary sulfonamides is 1. The summed E-state index contributed by atoms with van der Waals surface area (Å²) in [4.78, 5) is 0.0460. The van der Waals surface area contributed by atoms with Crippen LogP contribution in [0, 0.1) is 0 Å². The SMILES string of the molecule is CCC1(Nc2ccc(S(N)(=O)=O)cc2N)CCC1. The third kappa shape index (κ3) is 2.44. The van der Waals surface area contributed by atoms with Gasteiger partial charge in [-0.15, -0.1) is 0 Å². The second-order valence-corrected chi connectivity index (χ2v) is 6.47. The van der Waals surface area contributed by atoms with Crippen LogP contribution in [-0.4, -0.2) is 14.0 Å². The molecule has 0 radical (unpaired) electrons. The van der Waals surface area contributed by atoms with E-state index in [0.29, 0.717) is 5.69 Å². The average Bonchev–Trinajstić information content (AvgIpc) is 2.24. The third-order valence-corrected chi connectivity index (χ3v) is 4.65. The van der Waals surface area contributed by atoms with Crippen molar-refractivity contribution in [1.82, 2.24) is 0 Å². The van der Waals surface area contributed by atoms with E-state index in [9.17, 15) is 8.42 Å². The quantitative estimate of drug-likeness (QED) is 0.724. The van der Waals surface area contributed by atoms with Gasteiger partial charge in [0.25, 0.3) is 0 Å². The summed E-state index contributed by atoms with van der Waals surface area (Å²) in [5.41, 5.74) is 7.20. The third-order valence-electron chi connectivity index (χ3n) is 3.74. The maximum Gasteiger partial charge on any atom is 0.238 e. The lowest BCUT2D eigenvalue weighted by Crippen LogP contribution is -2.44. The van der Waals surface area contributed by atoms with E-state index in [1.165, 1.54) is 18.6 Å². The van der Waals surface area contributed by atoms with Crippen LogP contribution >= 0.6 is 0 Å². The highest BCUT2D eigenvalue weighted by atomic mass is 32.2. The normalized spacial score (nSPS) is 18.1. The first-order valence-corrected chi connectivity index (χ1v) is 7.61. The zero-order valence-electron chi connectivity index (χ0n) is 10.4. The molecule has 1 aliphatic rings. The Morgan fingerprint density at radius 3 is 2.44 bits per heavy atom. The lowest BCUT2D eigenvalue weighted by Gasteiger charge is -2.43. The van der Waals surface area contributed by atoms with Crippen LogP contribution in [0.15, 0.2) is 23.1 Å². The summed E-state index contributed by atoms with van der Waals surface area (Å²) in [6.07, 6.45) is 4.50. The fourth-order valence-electron chi connectivity index (χ4n) is 2.29. The molecule has 1 fully saturated rings. The monoisotopic (exact) mass is 269 g/mol. The van der Waals surface area contributed by atoms with Crippen molar-refractivity contribution in [2.45, 2.75) is 43.0 Å². The van der Waals surface area contributed by atoms with Crippen molar-refractivity contribution >= 4 is 21.4 Å². The fraction of sp³-hybridized carbons (Fsp3) is 0.500. The lowest BCUT2D eigenvalue weighted by atomic mass is 9.74. The Balaban J connectivity index is 2.25. The molecular formula is C12H19N3O2S. The van der Waals surface area contributed by atoms with Crippen molar-refractivity contribution < 1.29 is 8.42 Å². The van der Waals surface area contributed by atoms with Gasteiger partial charge in [-0.1, -0.05) is 6.92 Å². The summed E-state index contributed by atoms with van der Waals surface area (Å²) < 4.78 is 22.4. The molecule has 0 aromatic heterocycles. The number of hydrogen-bond donors (Lipinski definition) is 3. The van der Waals surface area contributed by atoms with Gasteiger partial charge in [-0.3, -0.25) is 0 Å². The number of sulfonamides is 1. The summed E-state index contributed by atoms with van der Waals surface area (Å²) in [6, 6.07) is 4.57. The Bertz CT molecular complexity index is 545. The number of anilines is 2. The van der Waals surface area contributed by atoms with Gasteiger partial charge < -0.3 is 11.1 Å². The topological polar surface area (TPSA) is 98.2 Å². The zero-order valence-corrected chi connectivity index (χ0v) is 11.3. The van der Waals surface area contributed by atoms with Crippen LogP contribution < -0.4 is 16.2 Å². The summed E-state index contributed by atoms with van der Waals surface area (Å²) in [7, 11) is -3.69. The number of nitrogens with one attached hydrogen (secondary N) is 1. The number of rotatable bonds is 4. The smallest absolute Gasteiger partial charge is 0.238 e. The van der Waals surface area contributed by atoms with Gasteiger partial charge in [0.05, 0.1) is 16.3 Å². The Morgan fingerprint density at radius 2 is 2.06 bits per heavy atom. The predicted octanol–water partition coefficient (Wildman–Crippen LogP) is 1.66. The highest BCUT2D eigenvalue weighted by molar-refractivity contribution is 7.89. The largest absolute Gasteiger partial charge is 0.397 e. The van der Waals surface area contributed by atoms with E-state index in [4.69, 9.17) is 10.9 Å². The van der Waals surface area contributed by atoms with Gasteiger partial charge in [-0.25, -0.2) is 13.6 Å². The van der Waals surface area contributed by atoms with Crippen molar-refractivity contribution in [3.63, 3.8) is 0 Å². The first kappa shape index (κ1) is 13.2. The number of nitrogen functional groups attached to an aromatic ring is 1. The summed E-state index contributed by atoms with van der Waals surface area (Å²) in [5, 5.41) is 8.49. The fourth-order valence-corrected chi connectivity index (χ4v) is 2.84. The minimum absolute atomic E-state index is 0.0460. The molecule has 1 saturated carbocycles. The molecule has 0 bridgehead atoms. The average molecular weight is 269 g/mol. The molecule has 5 nitrogen and oxygen atoms in total. The summed E-state index contributed by atoms with van der Waals surface area (Å²) in [6.45, 7) is 2.14. The van der Waals surface area contributed by atoms with Crippen LogP contribution in [0.5, 0.6) is 0 Å². The van der Waals surface area contributed by atoms with Gasteiger partial charge in [0, 0.05) is 5.54 Å². The summed E-state index contributed by atoms with van der Waals surface area (Å²) >= 11 is 0. The van der Waals surface area contributed by atoms with Gasteiger partial charge in [0.1, 0.15) is 0 Å². The van der Waals surface area contributed by atoms with Crippen LogP contribution in [0.25, 0.3) is 0 Å². The van der Waals surface area contributed by atoms with E-state index in [0.717, 1.165) is 24.9 Å². The molecule has 0 heterocycles. The lowest BCUT2D eigenvalue weighted by molar-refractivity contribution is 0.269. The van der Waals surface area contributed by atoms with Crippen molar-refractivity contribution in [3.05, 3.63) is 18.2 Å². The van der Waals surface area contributed by atoms with Gasteiger partial charge in [0.15, 0.2) is 0 Å². The number of hydrogen-bond acceptors (Lipinski definition) is 4. The molecule has 0 unspecified atom stereocenters. The van der Waals surface area contributed by atoms with Gasteiger partial charge in [0.2, 0.25) is 10.0 Å². The molecule has 6 heteroatoms. The maximum atomic E-state index is 11.2. The number of benzene rings is 1. The Morgan fingerprint density at radius 1 is 1.39 bits per heavy atom. The minimum atomic E-state index is -3.69. The first-order valence-electron chi connectivity index (χ1n) is 6.07. The molecule has 0 spiro atoms. The van der Waals surface area contributed by atoms with E-state index in [1.807, 2.05) is 0 Å². The molecule has 1 aromatic rings. The molecule has 0 amide bonds. The van der Waals surface area contributed by atoms with Crippen molar-refractivity contribution in [2.75, 3.05) is 11.1 Å². The van der Waals surface area contributed by atoms with Crippen molar-refractivity contribution in [3.8, 4) is 0 Å². The molecule has 0 atom stereocenters. The van der Waals surface area contributed by atoms with E-state index >= 15 is 0 Å². The van der Waals surface area contributed by atoms with Crippen LogP contribution in [0.3, 0.4) is 0 Å². The Labute approximate surface area is 108 Å². The maximum absolute atomic E-state index is 11.2. The van der Waals surface area contributed by atoms with Gasteiger partial charge in [-0.2, -0.15) is 0 Å². The summed E-state index contributed by atoms with van der Waals surface area (Å²) in [5.74, 6) is 0. The molecule has 2 rings (SSSR count). The van der Waals surface area contributed by atoms with Crippen molar-refractivity contribution in [2.24, 2.45) is 5.14 Å². The van der Waals surface area contributed by atoms with E-state index < -0.39 is 10.0 Å². The molecule has 5 N–H and O–H groups in total. The molecule has 1 aliphatic carbocycles. The minimum Gasteiger partial charge on any atom is -0.397 e. The zero-order chi connectivity index (χ0) is 13.4. The van der Waals surface area contributed by atoms with E-state index in [2.05, 4.69) is 12.2 Å². The van der Waals surface area contributed by atoms with Gasteiger partial charge >= 0.3 is 0 Å². The first-order chi connectivity index (χ1) is 8.36. The molecule has 100 valence electrons. The highest BCUT2D eigenvalue weighted by Crippen LogP contribution is 2.39. The predicted molar refractivity (Wildman–Crippen MR) is 72.7 cm³/mol. The van der Waals surface area contributed by atoms with E-state index in [1.54, 1.807) is 6.07 Å². The molecule has 1 aromatic carbocycles. The molecule has 0 aliphatic heterocycles.